The lowest BCUT2D eigenvalue weighted by molar-refractivity contribution is -0.123. The fourth-order valence-electron chi connectivity index (χ4n) is 3.09. The standard InChI is InChI=1S/C24H32N4O6S/c1-6-33-21-13-9-20(10-14-21)28(35(5,31)32)18(4)24(30)27-25-15-19-7-11-22(12-8-19)34-16-23(29)26-17(2)3/h7-15,17-18H,6,16H2,1-5H3,(H,26,29)(H,27,30)/b25-15-/t18-/m1/s1. The second-order valence-electron chi connectivity index (χ2n) is 7.98. The van der Waals surface area contributed by atoms with Crippen LogP contribution < -0.4 is 24.5 Å². The highest BCUT2D eigenvalue weighted by Crippen LogP contribution is 2.24. The quantitative estimate of drug-likeness (QED) is 0.337. The van der Waals surface area contributed by atoms with E-state index in [4.69, 9.17) is 9.47 Å². The van der Waals surface area contributed by atoms with E-state index >= 15 is 0 Å². The molecule has 2 amide bonds. The molecule has 0 aliphatic heterocycles. The van der Waals surface area contributed by atoms with Crippen molar-refractivity contribution in [3.8, 4) is 11.5 Å². The van der Waals surface area contributed by atoms with Crippen molar-refractivity contribution in [1.82, 2.24) is 10.7 Å². The molecule has 2 aromatic carbocycles. The van der Waals surface area contributed by atoms with E-state index in [9.17, 15) is 18.0 Å². The molecule has 2 rings (SSSR count). The zero-order valence-electron chi connectivity index (χ0n) is 20.5. The molecule has 0 aliphatic carbocycles. The first-order valence-corrected chi connectivity index (χ1v) is 12.9. The van der Waals surface area contributed by atoms with E-state index in [0.29, 0.717) is 29.4 Å². The number of sulfonamides is 1. The minimum absolute atomic E-state index is 0.0353. The van der Waals surface area contributed by atoms with Gasteiger partial charge in [0.15, 0.2) is 6.61 Å². The number of carbonyl (C=O) groups is 2. The number of nitrogens with one attached hydrogen (secondary N) is 2. The fourth-order valence-corrected chi connectivity index (χ4v) is 4.27. The van der Waals surface area contributed by atoms with Gasteiger partial charge < -0.3 is 14.8 Å². The van der Waals surface area contributed by atoms with Gasteiger partial charge in [0, 0.05) is 6.04 Å². The van der Waals surface area contributed by atoms with Gasteiger partial charge in [-0.15, -0.1) is 0 Å². The largest absolute Gasteiger partial charge is 0.494 e. The summed E-state index contributed by atoms with van der Waals surface area (Å²) in [6.45, 7) is 7.45. The molecule has 0 saturated heterocycles. The van der Waals surface area contributed by atoms with Crippen LogP contribution in [0.4, 0.5) is 5.69 Å². The number of nitrogens with zero attached hydrogens (tertiary/aromatic N) is 2. The number of ether oxygens (including phenoxy) is 2. The maximum Gasteiger partial charge on any atom is 0.263 e. The Morgan fingerprint density at radius 3 is 2.11 bits per heavy atom. The van der Waals surface area contributed by atoms with Gasteiger partial charge in [-0.25, -0.2) is 13.8 Å². The Labute approximate surface area is 206 Å². The maximum atomic E-state index is 12.6. The van der Waals surface area contributed by atoms with Crippen LogP contribution in [0.25, 0.3) is 0 Å². The van der Waals surface area contributed by atoms with Crippen LogP contribution in [-0.4, -0.2) is 58.0 Å². The van der Waals surface area contributed by atoms with Gasteiger partial charge in [0.1, 0.15) is 17.5 Å². The van der Waals surface area contributed by atoms with E-state index in [0.717, 1.165) is 10.6 Å². The van der Waals surface area contributed by atoms with Crippen LogP contribution in [0.2, 0.25) is 0 Å². The lowest BCUT2D eigenvalue weighted by atomic mass is 10.2. The van der Waals surface area contributed by atoms with Crippen LogP contribution in [0.5, 0.6) is 11.5 Å². The van der Waals surface area contributed by atoms with E-state index in [-0.39, 0.29) is 18.6 Å². The highest BCUT2D eigenvalue weighted by atomic mass is 32.2. The lowest BCUT2D eigenvalue weighted by Gasteiger charge is -2.27. The second kappa shape index (κ2) is 12.7. The van der Waals surface area contributed by atoms with Crippen LogP contribution in [-0.2, 0) is 19.6 Å². The molecule has 2 N–H and O–H groups in total. The van der Waals surface area contributed by atoms with Gasteiger partial charge in [0.05, 0.1) is 24.8 Å². The summed E-state index contributed by atoms with van der Waals surface area (Å²) in [5, 5.41) is 6.66. The lowest BCUT2D eigenvalue weighted by Crippen LogP contribution is -2.46. The summed E-state index contributed by atoms with van der Waals surface area (Å²) >= 11 is 0. The second-order valence-corrected chi connectivity index (χ2v) is 9.84. The third kappa shape index (κ3) is 8.93. The third-order valence-electron chi connectivity index (χ3n) is 4.58. The Morgan fingerprint density at radius 2 is 1.57 bits per heavy atom. The number of carbonyl (C=O) groups excluding carboxylic acids is 2. The highest BCUT2D eigenvalue weighted by molar-refractivity contribution is 7.92. The van der Waals surface area contributed by atoms with Gasteiger partial charge in [-0.1, -0.05) is 0 Å². The molecule has 35 heavy (non-hydrogen) atoms. The van der Waals surface area contributed by atoms with Gasteiger partial charge in [0.25, 0.3) is 11.8 Å². The number of benzene rings is 2. The molecule has 0 aromatic heterocycles. The van der Waals surface area contributed by atoms with Crippen LogP contribution in [0.1, 0.15) is 33.3 Å². The summed E-state index contributed by atoms with van der Waals surface area (Å²) in [4.78, 5) is 24.3. The first kappa shape index (κ1) is 27.6. The molecule has 1 atom stereocenters. The van der Waals surface area contributed by atoms with Crippen molar-refractivity contribution in [2.45, 2.75) is 39.8 Å². The molecular weight excluding hydrogens is 472 g/mol. The van der Waals surface area contributed by atoms with Crippen molar-refractivity contribution in [3.05, 3.63) is 54.1 Å². The van der Waals surface area contributed by atoms with Gasteiger partial charge in [0.2, 0.25) is 10.0 Å². The molecule has 2 aromatic rings. The van der Waals surface area contributed by atoms with Crippen LogP contribution in [0, 0.1) is 0 Å². The van der Waals surface area contributed by atoms with Crippen molar-refractivity contribution >= 4 is 33.7 Å². The number of amides is 2. The van der Waals surface area contributed by atoms with E-state index in [1.807, 2.05) is 20.8 Å². The Morgan fingerprint density at radius 1 is 1.00 bits per heavy atom. The predicted octanol–water partition coefficient (Wildman–Crippen LogP) is 2.29. The fraction of sp³-hybridized carbons (Fsp3) is 0.375. The molecular formula is C24H32N4O6S. The number of hydrogen-bond acceptors (Lipinski definition) is 7. The number of rotatable bonds is 12. The summed E-state index contributed by atoms with van der Waals surface area (Å²) in [7, 11) is -3.75. The summed E-state index contributed by atoms with van der Waals surface area (Å²) < 4.78 is 36.6. The maximum absolute atomic E-state index is 12.6. The van der Waals surface area contributed by atoms with Gasteiger partial charge in [-0.2, -0.15) is 5.10 Å². The van der Waals surface area contributed by atoms with Crippen LogP contribution in [0.3, 0.4) is 0 Å². The molecule has 0 saturated carbocycles. The zero-order chi connectivity index (χ0) is 26.0. The topological polar surface area (TPSA) is 126 Å². The van der Waals surface area contributed by atoms with Crippen molar-refractivity contribution < 1.29 is 27.5 Å². The Kier molecular flexibility index (Phi) is 10.1. The highest BCUT2D eigenvalue weighted by Gasteiger charge is 2.29. The zero-order valence-corrected chi connectivity index (χ0v) is 21.3. The summed E-state index contributed by atoms with van der Waals surface area (Å²) in [6.07, 6.45) is 2.45. The van der Waals surface area contributed by atoms with E-state index < -0.39 is 22.0 Å². The van der Waals surface area contributed by atoms with Crippen molar-refractivity contribution in [2.75, 3.05) is 23.8 Å². The molecule has 0 spiro atoms. The molecule has 10 nitrogen and oxygen atoms in total. The molecule has 0 unspecified atom stereocenters. The van der Waals surface area contributed by atoms with Crippen LogP contribution in [0.15, 0.2) is 53.6 Å². The molecule has 0 radical (unpaired) electrons. The van der Waals surface area contributed by atoms with E-state index in [1.165, 1.54) is 13.1 Å². The van der Waals surface area contributed by atoms with E-state index in [2.05, 4.69) is 15.8 Å². The number of hydrazone groups is 1. The smallest absolute Gasteiger partial charge is 0.263 e. The molecule has 190 valence electrons. The summed E-state index contributed by atoms with van der Waals surface area (Å²) in [6, 6.07) is 12.2. The molecule has 0 bridgehead atoms. The van der Waals surface area contributed by atoms with Crippen molar-refractivity contribution in [1.29, 1.82) is 0 Å². The molecule has 11 heteroatoms. The van der Waals surface area contributed by atoms with Gasteiger partial charge >= 0.3 is 0 Å². The number of anilines is 1. The van der Waals surface area contributed by atoms with Gasteiger partial charge in [-0.3, -0.25) is 13.9 Å². The Hall–Kier alpha value is -3.60. The first-order valence-electron chi connectivity index (χ1n) is 11.1. The van der Waals surface area contributed by atoms with E-state index in [1.54, 1.807) is 48.5 Å². The average Bonchev–Trinajstić information content (AvgIpc) is 2.78. The normalized spacial score (nSPS) is 12.3. The first-order chi connectivity index (χ1) is 16.5. The van der Waals surface area contributed by atoms with Crippen molar-refractivity contribution in [2.24, 2.45) is 5.10 Å². The molecule has 0 aliphatic rings. The predicted molar refractivity (Wildman–Crippen MR) is 135 cm³/mol. The van der Waals surface area contributed by atoms with Crippen molar-refractivity contribution in [3.63, 3.8) is 0 Å². The SMILES string of the molecule is CCOc1ccc(N([C@H](C)C(=O)N/N=C\c2ccc(OCC(=O)NC(C)C)cc2)S(C)(=O)=O)cc1. The average molecular weight is 505 g/mol. The Bertz CT molecular complexity index is 1120. The van der Waals surface area contributed by atoms with Gasteiger partial charge in [-0.05, 0) is 81.8 Å². The monoisotopic (exact) mass is 504 g/mol. The minimum Gasteiger partial charge on any atom is -0.494 e. The Balaban J connectivity index is 1.99. The summed E-state index contributed by atoms with van der Waals surface area (Å²) in [5.74, 6) is 0.298. The summed E-state index contributed by atoms with van der Waals surface area (Å²) in [5.41, 5.74) is 3.38. The van der Waals surface area contributed by atoms with Crippen LogP contribution >= 0.6 is 0 Å². The molecule has 0 heterocycles. The molecule has 0 fully saturated rings. The number of hydrogen-bond donors (Lipinski definition) is 2. The third-order valence-corrected chi connectivity index (χ3v) is 5.82. The minimum atomic E-state index is -3.75.